The summed E-state index contributed by atoms with van der Waals surface area (Å²) < 4.78 is 23.6. The van der Waals surface area contributed by atoms with E-state index < -0.39 is 17.9 Å². The molecule has 2 aromatic carbocycles. The van der Waals surface area contributed by atoms with Crippen molar-refractivity contribution in [2.45, 2.75) is 19.6 Å². The Hall–Kier alpha value is -2.89. The third-order valence-electron chi connectivity index (χ3n) is 3.66. The van der Waals surface area contributed by atoms with Crippen molar-refractivity contribution in [2.75, 3.05) is 14.2 Å². The number of hydrogen-bond donors (Lipinski definition) is 0. The maximum atomic E-state index is 13.7. The molecular weight excluding hydrogens is 325 g/mol. The molecule has 0 fully saturated rings. The number of carbonyl (C=O) groups excluding carboxylic acids is 2. The zero-order valence-electron chi connectivity index (χ0n) is 14.4. The Morgan fingerprint density at radius 2 is 1.84 bits per heavy atom. The van der Waals surface area contributed by atoms with Crippen LogP contribution in [0, 0.1) is 5.82 Å². The molecule has 0 unspecified atom stereocenters. The van der Waals surface area contributed by atoms with Crippen LogP contribution in [0.2, 0.25) is 0 Å². The quantitative estimate of drug-likeness (QED) is 0.755. The number of amides is 1. The number of methoxy groups -OCH3 is 1. The van der Waals surface area contributed by atoms with Gasteiger partial charge in [-0.25, -0.2) is 9.18 Å². The molecule has 0 bridgehead atoms. The normalized spacial score (nSPS) is 11.5. The van der Waals surface area contributed by atoms with Gasteiger partial charge >= 0.3 is 5.97 Å². The summed E-state index contributed by atoms with van der Waals surface area (Å²) in [4.78, 5) is 25.9. The average molecular weight is 345 g/mol. The van der Waals surface area contributed by atoms with Crippen molar-refractivity contribution in [3.05, 3.63) is 65.5 Å². The molecule has 2 rings (SSSR count). The predicted octanol–water partition coefficient (Wildman–Crippen LogP) is 3.04. The third kappa shape index (κ3) is 4.79. The Labute approximate surface area is 146 Å². The van der Waals surface area contributed by atoms with E-state index in [2.05, 4.69) is 0 Å². The predicted molar refractivity (Wildman–Crippen MR) is 90.7 cm³/mol. The fourth-order valence-electron chi connectivity index (χ4n) is 2.32. The van der Waals surface area contributed by atoms with Crippen molar-refractivity contribution >= 4 is 11.9 Å². The molecule has 1 amide bonds. The molecule has 2 aromatic rings. The molecule has 0 aliphatic carbocycles. The largest absolute Gasteiger partial charge is 0.494 e. The van der Waals surface area contributed by atoms with E-state index in [1.54, 1.807) is 7.05 Å². The lowest BCUT2D eigenvalue weighted by Gasteiger charge is -2.21. The van der Waals surface area contributed by atoms with Gasteiger partial charge in [0.2, 0.25) is 0 Å². The molecule has 0 saturated carbocycles. The van der Waals surface area contributed by atoms with Crippen LogP contribution in [0.15, 0.2) is 48.5 Å². The summed E-state index contributed by atoms with van der Waals surface area (Å²) in [7, 11) is 2.96. The van der Waals surface area contributed by atoms with Crippen molar-refractivity contribution < 1.29 is 23.5 Å². The van der Waals surface area contributed by atoms with Gasteiger partial charge in [0, 0.05) is 13.6 Å². The van der Waals surface area contributed by atoms with E-state index in [1.807, 2.05) is 30.3 Å². The molecular formula is C19H20FNO4. The number of nitrogens with zero attached hydrogens (tertiary/aromatic N) is 1. The summed E-state index contributed by atoms with van der Waals surface area (Å²) in [6, 6.07) is 13.2. The average Bonchev–Trinajstić information content (AvgIpc) is 2.61. The lowest BCUT2D eigenvalue weighted by molar-refractivity contribution is -0.139. The number of likely N-dealkylation sites (N-methyl/N-ethyl adjacent to an activating group) is 1. The van der Waals surface area contributed by atoms with E-state index in [9.17, 15) is 14.0 Å². The minimum atomic E-state index is -0.980. The van der Waals surface area contributed by atoms with Crippen LogP contribution in [0.25, 0.3) is 0 Å². The maximum absolute atomic E-state index is 13.7. The molecule has 6 heteroatoms. The number of esters is 1. The van der Waals surface area contributed by atoms with Crippen LogP contribution >= 0.6 is 0 Å². The number of halogens is 1. The minimum absolute atomic E-state index is 0.0173. The van der Waals surface area contributed by atoms with Gasteiger partial charge in [-0.3, -0.25) is 4.79 Å². The molecule has 0 aromatic heterocycles. The first kappa shape index (κ1) is 18.4. The molecule has 0 spiro atoms. The van der Waals surface area contributed by atoms with E-state index in [0.29, 0.717) is 6.54 Å². The summed E-state index contributed by atoms with van der Waals surface area (Å²) in [6.07, 6.45) is -0.980. The van der Waals surface area contributed by atoms with Crippen LogP contribution in [0.1, 0.15) is 22.8 Å². The molecule has 1 atom stereocenters. The molecule has 0 heterocycles. The lowest BCUT2D eigenvalue weighted by atomic mass is 10.2. The third-order valence-corrected chi connectivity index (χ3v) is 3.66. The second-order valence-electron chi connectivity index (χ2n) is 5.58. The van der Waals surface area contributed by atoms with Gasteiger partial charge < -0.3 is 14.4 Å². The van der Waals surface area contributed by atoms with Crippen LogP contribution in [0.4, 0.5) is 4.39 Å². The zero-order valence-corrected chi connectivity index (χ0v) is 14.4. The fraction of sp³-hybridized carbons (Fsp3) is 0.263. The second-order valence-corrected chi connectivity index (χ2v) is 5.58. The summed E-state index contributed by atoms with van der Waals surface area (Å²) in [5.74, 6) is -1.75. The van der Waals surface area contributed by atoms with Crippen molar-refractivity contribution in [3.8, 4) is 5.75 Å². The highest BCUT2D eigenvalue weighted by atomic mass is 19.1. The van der Waals surface area contributed by atoms with Gasteiger partial charge in [0.15, 0.2) is 17.7 Å². The van der Waals surface area contributed by atoms with Gasteiger partial charge in [0.05, 0.1) is 12.7 Å². The zero-order chi connectivity index (χ0) is 18.4. The van der Waals surface area contributed by atoms with E-state index in [0.717, 1.165) is 11.6 Å². The summed E-state index contributed by atoms with van der Waals surface area (Å²) in [5.41, 5.74) is 0.984. The maximum Gasteiger partial charge on any atom is 0.339 e. The molecule has 0 radical (unpaired) electrons. The molecule has 132 valence electrons. The topological polar surface area (TPSA) is 55.8 Å². The highest BCUT2D eigenvalue weighted by Gasteiger charge is 2.23. The molecule has 25 heavy (non-hydrogen) atoms. The van der Waals surface area contributed by atoms with Crippen molar-refractivity contribution in [1.82, 2.24) is 4.90 Å². The number of carbonyl (C=O) groups is 2. The van der Waals surface area contributed by atoms with Crippen molar-refractivity contribution in [1.29, 1.82) is 0 Å². The second kappa shape index (κ2) is 8.28. The molecule has 0 saturated heterocycles. The fourth-order valence-corrected chi connectivity index (χ4v) is 2.32. The molecule has 0 N–H and O–H groups in total. The van der Waals surface area contributed by atoms with E-state index in [-0.39, 0.29) is 17.2 Å². The van der Waals surface area contributed by atoms with E-state index >= 15 is 0 Å². The van der Waals surface area contributed by atoms with Gasteiger partial charge in [-0.1, -0.05) is 30.3 Å². The monoisotopic (exact) mass is 345 g/mol. The molecule has 0 aliphatic rings. The first-order valence-corrected chi connectivity index (χ1v) is 7.75. The number of benzene rings is 2. The number of rotatable bonds is 6. The Morgan fingerprint density at radius 1 is 1.16 bits per heavy atom. The Bertz CT molecular complexity index is 748. The van der Waals surface area contributed by atoms with Crippen LogP contribution in [-0.4, -0.2) is 37.0 Å². The van der Waals surface area contributed by atoms with Crippen LogP contribution in [-0.2, 0) is 16.1 Å². The van der Waals surface area contributed by atoms with Crippen molar-refractivity contribution in [2.24, 2.45) is 0 Å². The number of hydrogen-bond acceptors (Lipinski definition) is 4. The van der Waals surface area contributed by atoms with E-state index in [1.165, 1.54) is 31.1 Å². The van der Waals surface area contributed by atoms with Gasteiger partial charge in [0.1, 0.15) is 0 Å². The van der Waals surface area contributed by atoms with Gasteiger partial charge in [-0.15, -0.1) is 0 Å². The first-order chi connectivity index (χ1) is 11.9. The Morgan fingerprint density at radius 3 is 2.44 bits per heavy atom. The highest BCUT2D eigenvalue weighted by Crippen LogP contribution is 2.18. The standard InChI is InChI=1S/C19H20FNO4/c1-13(18(22)21(2)12-14-7-5-4-6-8-14)25-19(23)15-9-10-17(24-3)16(20)11-15/h4-11,13H,12H2,1-3H3/t13-/m1/s1. The van der Waals surface area contributed by atoms with Crippen LogP contribution < -0.4 is 4.74 Å². The Kier molecular flexibility index (Phi) is 6.11. The van der Waals surface area contributed by atoms with E-state index in [4.69, 9.17) is 9.47 Å². The SMILES string of the molecule is COc1ccc(C(=O)O[C@H](C)C(=O)N(C)Cc2ccccc2)cc1F. The molecule has 0 aliphatic heterocycles. The Balaban J connectivity index is 1.98. The first-order valence-electron chi connectivity index (χ1n) is 7.75. The van der Waals surface area contributed by atoms with Crippen LogP contribution in [0.3, 0.4) is 0 Å². The van der Waals surface area contributed by atoms with Crippen molar-refractivity contribution in [3.63, 3.8) is 0 Å². The smallest absolute Gasteiger partial charge is 0.339 e. The van der Waals surface area contributed by atoms with Crippen LogP contribution in [0.5, 0.6) is 5.75 Å². The summed E-state index contributed by atoms with van der Waals surface area (Å²) in [5, 5.41) is 0. The van der Waals surface area contributed by atoms with Gasteiger partial charge in [-0.2, -0.15) is 0 Å². The summed E-state index contributed by atoms with van der Waals surface area (Å²) >= 11 is 0. The summed E-state index contributed by atoms with van der Waals surface area (Å²) in [6.45, 7) is 1.89. The van der Waals surface area contributed by atoms with Gasteiger partial charge in [0.25, 0.3) is 5.91 Å². The highest BCUT2D eigenvalue weighted by molar-refractivity contribution is 5.92. The number of ether oxygens (including phenoxy) is 2. The minimum Gasteiger partial charge on any atom is -0.494 e. The van der Waals surface area contributed by atoms with Gasteiger partial charge in [-0.05, 0) is 30.7 Å². The lowest BCUT2D eigenvalue weighted by Crippen LogP contribution is -2.37. The molecule has 5 nitrogen and oxygen atoms in total.